The van der Waals surface area contributed by atoms with Crippen LogP contribution in [-0.2, 0) is 14.2 Å². The molecule has 0 aliphatic carbocycles. The normalized spacial score (nSPS) is 13.0. The molecule has 0 aromatic heterocycles. The van der Waals surface area contributed by atoms with Crippen molar-refractivity contribution < 1.29 is 14.2 Å². The van der Waals surface area contributed by atoms with Crippen LogP contribution in [0.25, 0.3) is 0 Å². The van der Waals surface area contributed by atoms with E-state index in [2.05, 4.69) is 24.3 Å². The van der Waals surface area contributed by atoms with E-state index in [1.165, 1.54) is 4.46 Å². The molecule has 0 aliphatic rings. The van der Waals surface area contributed by atoms with Crippen LogP contribution in [0.3, 0.4) is 0 Å². The Balaban J connectivity index is 2.63. The van der Waals surface area contributed by atoms with Gasteiger partial charge in [-0.2, -0.15) is 0 Å². The van der Waals surface area contributed by atoms with Crippen molar-refractivity contribution in [2.24, 2.45) is 0 Å². The van der Waals surface area contributed by atoms with E-state index in [1.807, 2.05) is 6.07 Å². The van der Waals surface area contributed by atoms with Gasteiger partial charge in [-0.1, -0.05) is 0 Å². The molecule has 1 aromatic carbocycles. The number of benzene rings is 1. The van der Waals surface area contributed by atoms with E-state index >= 15 is 0 Å². The Morgan fingerprint density at radius 1 is 1.06 bits per heavy atom. The first kappa shape index (κ1) is 13.7. The molecule has 0 aliphatic heterocycles. The molecule has 1 rings (SSSR count). The van der Waals surface area contributed by atoms with Crippen molar-refractivity contribution in [3.63, 3.8) is 0 Å². The number of hydrogen-bond donors (Lipinski definition) is 0. The van der Waals surface area contributed by atoms with Crippen molar-refractivity contribution in [1.82, 2.24) is 0 Å². The summed E-state index contributed by atoms with van der Waals surface area (Å²) in [5.41, 5.74) is 0. The third kappa shape index (κ3) is 4.24. The fraction of sp³-hybridized carbons (Fsp3) is 0.500. The van der Waals surface area contributed by atoms with Gasteiger partial charge in [-0.3, -0.25) is 0 Å². The van der Waals surface area contributed by atoms with Crippen LogP contribution < -0.4 is 4.46 Å². The zero-order valence-electron chi connectivity index (χ0n) is 9.88. The molecule has 0 N–H and O–H groups in total. The Morgan fingerprint density at radius 2 is 1.69 bits per heavy atom. The molecule has 0 radical (unpaired) electrons. The molecule has 90 valence electrons. The zero-order chi connectivity index (χ0) is 11.8. The van der Waals surface area contributed by atoms with Crippen molar-refractivity contribution in [1.29, 1.82) is 0 Å². The maximum atomic E-state index is 5.30. The van der Waals surface area contributed by atoms with Crippen molar-refractivity contribution in [2.75, 3.05) is 27.9 Å². The molecule has 0 saturated heterocycles. The summed E-state index contributed by atoms with van der Waals surface area (Å²) in [7, 11) is 5.03. The second-order valence-corrected chi connectivity index (χ2v) is 6.02. The van der Waals surface area contributed by atoms with E-state index in [-0.39, 0.29) is 26.1 Å². The molecular formula is C12H18O3Se. The summed E-state index contributed by atoms with van der Waals surface area (Å²) in [6, 6.07) is 10.4. The standard InChI is InChI=1S/C12H18O3Se/c1-13-9-11(12(14-2)15-3)16-10-7-5-4-6-8-10/h4-8,11-12H,9H2,1-3H3. The van der Waals surface area contributed by atoms with Gasteiger partial charge >= 0.3 is 103 Å². The van der Waals surface area contributed by atoms with Crippen LogP contribution in [0.1, 0.15) is 0 Å². The fourth-order valence-electron chi connectivity index (χ4n) is 1.41. The molecule has 0 fully saturated rings. The van der Waals surface area contributed by atoms with E-state index in [4.69, 9.17) is 14.2 Å². The topological polar surface area (TPSA) is 27.7 Å². The van der Waals surface area contributed by atoms with Crippen molar-refractivity contribution in [3.8, 4) is 0 Å². The molecule has 16 heavy (non-hydrogen) atoms. The summed E-state index contributed by atoms with van der Waals surface area (Å²) in [4.78, 5) is 0.273. The molecule has 0 saturated carbocycles. The monoisotopic (exact) mass is 290 g/mol. The van der Waals surface area contributed by atoms with Gasteiger partial charge < -0.3 is 0 Å². The van der Waals surface area contributed by atoms with Gasteiger partial charge in [-0.05, 0) is 0 Å². The quantitative estimate of drug-likeness (QED) is 0.555. The number of ether oxygens (including phenoxy) is 3. The number of methoxy groups -OCH3 is 3. The van der Waals surface area contributed by atoms with E-state index in [0.29, 0.717) is 6.61 Å². The summed E-state index contributed by atoms with van der Waals surface area (Å²) in [6.45, 7) is 0.654. The Hall–Kier alpha value is -0.381. The SMILES string of the molecule is COCC([Se]c1ccccc1)C(OC)OC. The van der Waals surface area contributed by atoms with Crippen LogP contribution >= 0.6 is 0 Å². The molecule has 4 heteroatoms. The second-order valence-electron chi connectivity index (χ2n) is 3.26. The third-order valence-electron chi connectivity index (χ3n) is 2.13. The van der Waals surface area contributed by atoms with E-state index in [0.717, 1.165) is 0 Å². The molecular weight excluding hydrogens is 271 g/mol. The second kappa shape index (κ2) is 7.82. The van der Waals surface area contributed by atoms with Gasteiger partial charge in [0.2, 0.25) is 0 Å². The van der Waals surface area contributed by atoms with Crippen LogP contribution in [0.15, 0.2) is 30.3 Å². The van der Waals surface area contributed by atoms with Crippen LogP contribution in [0.5, 0.6) is 0 Å². The van der Waals surface area contributed by atoms with Gasteiger partial charge in [-0.25, -0.2) is 0 Å². The molecule has 0 bridgehead atoms. The van der Waals surface area contributed by atoms with Crippen molar-refractivity contribution in [2.45, 2.75) is 11.1 Å². The van der Waals surface area contributed by atoms with Gasteiger partial charge in [-0.15, -0.1) is 0 Å². The van der Waals surface area contributed by atoms with Crippen LogP contribution in [-0.4, -0.2) is 49.2 Å². The van der Waals surface area contributed by atoms with Crippen molar-refractivity contribution >= 4 is 19.4 Å². The Morgan fingerprint density at radius 3 is 2.19 bits per heavy atom. The average molecular weight is 289 g/mol. The predicted octanol–water partition coefficient (Wildman–Crippen LogP) is 1.07. The first-order chi connectivity index (χ1) is 7.81. The minimum atomic E-state index is -0.194. The van der Waals surface area contributed by atoms with Gasteiger partial charge in [0.15, 0.2) is 0 Å². The molecule has 0 heterocycles. The van der Waals surface area contributed by atoms with E-state index in [1.54, 1.807) is 21.3 Å². The molecule has 1 atom stereocenters. The number of rotatable bonds is 7. The fourth-order valence-corrected chi connectivity index (χ4v) is 3.93. The molecule has 0 spiro atoms. The van der Waals surface area contributed by atoms with Gasteiger partial charge in [0.25, 0.3) is 0 Å². The summed E-state index contributed by atoms with van der Waals surface area (Å²) in [5.74, 6) is 0. The summed E-state index contributed by atoms with van der Waals surface area (Å²) in [6.07, 6.45) is -0.194. The Kier molecular flexibility index (Phi) is 6.69. The number of hydrogen-bond acceptors (Lipinski definition) is 3. The van der Waals surface area contributed by atoms with Gasteiger partial charge in [0, 0.05) is 0 Å². The van der Waals surface area contributed by atoms with Crippen LogP contribution in [0.2, 0.25) is 4.82 Å². The van der Waals surface area contributed by atoms with Crippen molar-refractivity contribution in [3.05, 3.63) is 30.3 Å². The predicted molar refractivity (Wildman–Crippen MR) is 65.3 cm³/mol. The van der Waals surface area contributed by atoms with E-state index < -0.39 is 0 Å². The first-order valence-corrected chi connectivity index (χ1v) is 6.92. The summed E-state index contributed by atoms with van der Waals surface area (Å²) >= 11 is 0.286. The Labute approximate surface area is 103 Å². The van der Waals surface area contributed by atoms with Crippen LogP contribution in [0.4, 0.5) is 0 Å². The Bertz CT molecular complexity index is 275. The van der Waals surface area contributed by atoms with E-state index in [9.17, 15) is 0 Å². The van der Waals surface area contributed by atoms with Gasteiger partial charge in [0.05, 0.1) is 0 Å². The zero-order valence-corrected chi connectivity index (χ0v) is 11.6. The summed E-state index contributed by atoms with van der Waals surface area (Å²) < 4.78 is 17.1. The molecule has 3 nitrogen and oxygen atoms in total. The molecule has 0 amide bonds. The molecule has 1 aromatic rings. The minimum absolute atomic E-state index is 0.194. The average Bonchev–Trinajstić information content (AvgIpc) is 2.32. The van der Waals surface area contributed by atoms with Gasteiger partial charge in [0.1, 0.15) is 0 Å². The maximum absolute atomic E-state index is 5.30. The first-order valence-electron chi connectivity index (χ1n) is 5.08. The molecule has 1 unspecified atom stereocenters. The third-order valence-corrected chi connectivity index (χ3v) is 4.66. The summed E-state index contributed by atoms with van der Waals surface area (Å²) in [5, 5.41) is 0. The van der Waals surface area contributed by atoms with Crippen LogP contribution in [0, 0.1) is 0 Å².